The van der Waals surface area contributed by atoms with Crippen LogP contribution in [0.4, 0.5) is 0 Å². The predicted octanol–water partition coefficient (Wildman–Crippen LogP) is 3.97. The molecule has 1 aliphatic rings. The van der Waals surface area contributed by atoms with Crippen molar-refractivity contribution in [2.24, 2.45) is 5.92 Å². The number of rotatable bonds is 3. The Kier molecular flexibility index (Phi) is 4.23. The Balaban J connectivity index is 2.62. The van der Waals surface area contributed by atoms with Gasteiger partial charge in [-0.2, -0.15) is 0 Å². The van der Waals surface area contributed by atoms with Gasteiger partial charge in [-0.3, -0.25) is 0 Å². The van der Waals surface area contributed by atoms with E-state index in [9.17, 15) is 0 Å². The topological polar surface area (TPSA) is 9.23 Å². The van der Waals surface area contributed by atoms with Crippen LogP contribution in [-0.2, 0) is 4.74 Å². The molecule has 1 fully saturated rings. The maximum Gasteiger partial charge on any atom is 0.122 e. The number of hydrogen-bond acceptors (Lipinski definition) is 1. The van der Waals surface area contributed by atoms with Crippen LogP contribution in [-0.4, -0.2) is 15.2 Å². The van der Waals surface area contributed by atoms with Crippen LogP contribution in [0.1, 0.15) is 32.1 Å². The second-order valence-corrected chi connectivity index (χ2v) is 10.4. The minimum atomic E-state index is -1.23. The van der Waals surface area contributed by atoms with Gasteiger partial charge in [0.25, 0.3) is 0 Å². The third-order valence-electron chi connectivity index (χ3n) is 3.00. The molecule has 1 saturated carbocycles. The molecule has 0 bridgehead atoms. The molecule has 14 heavy (non-hydrogen) atoms. The summed E-state index contributed by atoms with van der Waals surface area (Å²) in [6.45, 7) is 7.06. The van der Waals surface area contributed by atoms with Crippen molar-refractivity contribution in [3.05, 3.63) is 11.5 Å². The molecular weight excluding hydrogens is 188 g/mol. The molecule has 0 radical (unpaired) electrons. The van der Waals surface area contributed by atoms with Crippen LogP contribution in [0.5, 0.6) is 0 Å². The predicted molar refractivity (Wildman–Crippen MR) is 65.0 cm³/mol. The summed E-state index contributed by atoms with van der Waals surface area (Å²) in [5.41, 5.74) is 0. The molecule has 82 valence electrons. The molecule has 1 aliphatic carbocycles. The minimum Gasteiger partial charge on any atom is -0.507 e. The van der Waals surface area contributed by atoms with Gasteiger partial charge >= 0.3 is 0 Å². The summed E-state index contributed by atoms with van der Waals surface area (Å²) in [6, 6.07) is 0. The van der Waals surface area contributed by atoms with Crippen molar-refractivity contribution in [3.8, 4) is 0 Å². The van der Waals surface area contributed by atoms with Crippen LogP contribution < -0.4 is 0 Å². The van der Waals surface area contributed by atoms with E-state index in [4.69, 9.17) is 4.74 Å². The third kappa shape index (κ3) is 3.49. The normalized spacial score (nSPS) is 21.0. The van der Waals surface area contributed by atoms with Crippen LogP contribution in [0.3, 0.4) is 0 Å². The molecule has 0 unspecified atom stereocenters. The first-order valence-corrected chi connectivity index (χ1v) is 9.30. The largest absolute Gasteiger partial charge is 0.507 e. The van der Waals surface area contributed by atoms with Crippen molar-refractivity contribution in [2.45, 2.75) is 51.7 Å². The molecule has 0 N–H and O–H groups in total. The average Bonchev–Trinajstić information content (AvgIpc) is 2.14. The molecule has 0 atom stereocenters. The highest BCUT2D eigenvalue weighted by molar-refractivity contribution is 6.82. The summed E-state index contributed by atoms with van der Waals surface area (Å²) in [5.74, 6) is 0.797. The molecule has 1 nitrogen and oxygen atoms in total. The molecule has 0 saturated heterocycles. The maximum atomic E-state index is 5.54. The van der Waals surface area contributed by atoms with E-state index < -0.39 is 8.07 Å². The smallest absolute Gasteiger partial charge is 0.122 e. The van der Waals surface area contributed by atoms with Crippen LogP contribution in [0, 0.1) is 5.92 Å². The molecule has 1 rings (SSSR count). The van der Waals surface area contributed by atoms with E-state index in [-0.39, 0.29) is 0 Å². The van der Waals surface area contributed by atoms with E-state index in [1.165, 1.54) is 37.5 Å². The Hall–Kier alpha value is -0.243. The lowest BCUT2D eigenvalue weighted by Gasteiger charge is -2.24. The first-order valence-electron chi connectivity index (χ1n) is 5.80. The number of hydrogen-bond donors (Lipinski definition) is 0. The number of ether oxygens (including phenoxy) is 1. The standard InChI is InChI=1S/C12H24OSi/c1-13-12(14(2,3)4)10-11-8-6-5-7-9-11/h10-11H,5-9H2,1-4H3/b12-10-. The highest BCUT2D eigenvalue weighted by Gasteiger charge is 2.22. The van der Waals surface area contributed by atoms with Gasteiger partial charge in [0, 0.05) is 0 Å². The SMILES string of the molecule is CO/C(=C/C1CCCCC1)[Si](C)(C)C. The van der Waals surface area contributed by atoms with Crippen LogP contribution in [0.2, 0.25) is 19.6 Å². The van der Waals surface area contributed by atoms with Gasteiger partial charge in [0.1, 0.15) is 8.07 Å². The summed E-state index contributed by atoms with van der Waals surface area (Å²) < 4.78 is 5.54. The van der Waals surface area contributed by atoms with Crippen molar-refractivity contribution in [1.29, 1.82) is 0 Å². The molecule has 0 aromatic heterocycles. The molecule has 0 aliphatic heterocycles. The van der Waals surface area contributed by atoms with E-state index in [0.717, 1.165) is 5.92 Å². The molecule has 0 spiro atoms. The van der Waals surface area contributed by atoms with Crippen molar-refractivity contribution >= 4 is 8.07 Å². The van der Waals surface area contributed by atoms with Gasteiger partial charge in [-0.15, -0.1) is 0 Å². The van der Waals surface area contributed by atoms with Crippen LogP contribution in [0.15, 0.2) is 11.5 Å². The van der Waals surface area contributed by atoms with Gasteiger partial charge in [-0.05, 0) is 24.8 Å². The molecule has 0 aromatic carbocycles. The lowest BCUT2D eigenvalue weighted by atomic mass is 9.89. The summed E-state index contributed by atoms with van der Waals surface area (Å²) in [6.07, 6.45) is 9.41. The highest BCUT2D eigenvalue weighted by Crippen LogP contribution is 2.27. The second kappa shape index (κ2) is 5.01. The molecule has 0 heterocycles. The van der Waals surface area contributed by atoms with Gasteiger partial charge in [-0.25, -0.2) is 0 Å². The molecule has 0 amide bonds. The van der Waals surface area contributed by atoms with E-state index in [1.807, 2.05) is 7.11 Å². The quantitative estimate of drug-likeness (QED) is 0.508. The zero-order valence-corrected chi connectivity index (χ0v) is 11.1. The van der Waals surface area contributed by atoms with Crippen molar-refractivity contribution < 1.29 is 4.74 Å². The van der Waals surface area contributed by atoms with Gasteiger partial charge in [0.2, 0.25) is 0 Å². The lowest BCUT2D eigenvalue weighted by molar-refractivity contribution is 0.306. The van der Waals surface area contributed by atoms with E-state index in [1.54, 1.807) is 0 Å². The summed E-state index contributed by atoms with van der Waals surface area (Å²) in [7, 11) is 0.595. The lowest BCUT2D eigenvalue weighted by Crippen LogP contribution is -2.26. The summed E-state index contributed by atoms with van der Waals surface area (Å²) >= 11 is 0. The zero-order chi connectivity index (χ0) is 10.6. The fourth-order valence-corrected chi connectivity index (χ4v) is 3.49. The van der Waals surface area contributed by atoms with Crippen molar-refractivity contribution in [3.63, 3.8) is 0 Å². The summed E-state index contributed by atoms with van der Waals surface area (Å²) in [5, 5.41) is 1.30. The fraction of sp³-hybridized carbons (Fsp3) is 0.833. The average molecular weight is 212 g/mol. The Bertz CT molecular complexity index is 197. The molecule has 2 heteroatoms. The monoisotopic (exact) mass is 212 g/mol. The first-order chi connectivity index (χ1) is 6.54. The number of methoxy groups -OCH3 is 1. The molecule has 0 aromatic rings. The van der Waals surface area contributed by atoms with Crippen molar-refractivity contribution in [2.75, 3.05) is 7.11 Å². The maximum absolute atomic E-state index is 5.54. The van der Waals surface area contributed by atoms with Crippen LogP contribution in [0.25, 0.3) is 0 Å². The highest BCUT2D eigenvalue weighted by atomic mass is 28.3. The Morgan fingerprint density at radius 2 is 1.71 bits per heavy atom. The zero-order valence-electron chi connectivity index (χ0n) is 10.1. The van der Waals surface area contributed by atoms with Gasteiger partial charge < -0.3 is 4.74 Å². The Morgan fingerprint density at radius 3 is 2.14 bits per heavy atom. The van der Waals surface area contributed by atoms with E-state index in [0.29, 0.717) is 0 Å². The third-order valence-corrected chi connectivity index (χ3v) is 4.85. The van der Waals surface area contributed by atoms with Crippen molar-refractivity contribution in [1.82, 2.24) is 0 Å². The Morgan fingerprint density at radius 1 is 1.14 bits per heavy atom. The molecular formula is C12H24OSi. The fourth-order valence-electron chi connectivity index (χ4n) is 2.14. The number of allylic oxidation sites excluding steroid dienone is 1. The van der Waals surface area contributed by atoms with Gasteiger partial charge in [0.15, 0.2) is 0 Å². The van der Waals surface area contributed by atoms with Crippen LogP contribution >= 0.6 is 0 Å². The second-order valence-electron chi connectivity index (χ2n) is 5.38. The first kappa shape index (κ1) is 11.8. The van der Waals surface area contributed by atoms with E-state index >= 15 is 0 Å². The summed E-state index contributed by atoms with van der Waals surface area (Å²) in [4.78, 5) is 0. The minimum absolute atomic E-state index is 0.797. The van der Waals surface area contributed by atoms with Gasteiger partial charge in [0.05, 0.1) is 12.5 Å². The Labute approximate surface area is 89.6 Å². The van der Waals surface area contributed by atoms with Gasteiger partial charge in [-0.1, -0.05) is 38.9 Å². The van der Waals surface area contributed by atoms with E-state index in [2.05, 4.69) is 25.7 Å².